The maximum absolute atomic E-state index is 13.3. The second-order valence-corrected chi connectivity index (χ2v) is 9.41. The molecule has 0 spiro atoms. The molecule has 1 aliphatic heterocycles. The minimum atomic E-state index is -0.192. The first kappa shape index (κ1) is 23.5. The fourth-order valence-electron chi connectivity index (χ4n) is 3.50. The van der Waals surface area contributed by atoms with Crippen LogP contribution in [0.3, 0.4) is 0 Å². The molecule has 0 bridgehead atoms. The average Bonchev–Trinajstić information content (AvgIpc) is 3.02. The largest absolute Gasteiger partial charge is 0.369 e. The van der Waals surface area contributed by atoms with E-state index in [9.17, 15) is 9.59 Å². The van der Waals surface area contributed by atoms with Gasteiger partial charge in [0, 0.05) is 19.3 Å². The molecular formula is C23H30N4O2S2. The third kappa shape index (κ3) is 5.36. The van der Waals surface area contributed by atoms with Gasteiger partial charge < -0.3 is 5.32 Å². The van der Waals surface area contributed by atoms with Crippen molar-refractivity contribution in [2.75, 3.05) is 18.4 Å². The van der Waals surface area contributed by atoms with Gasteiger partial charge in [0.15, 0.2) is 0 Å². The number of nitrogens with zero attached hydrogens (tertiary/aromatic N) is 3. The molecule has 0 unspecified atom stereocenters. The van der Waals surface area contributed by atoms with Gasteiger partial charge in [-0.05, 0) is 37.5 Å². The predicted octanol–water partition coefficient (Wildman–Crippen LogP) is 5.00. The number of hydrogen-bond donors (Lipinski definition) is 1. The van der Waals surface area contributed by atoms with E-state index in [1.165, 1.54) is 11.8 Å². The summed E-state index contributed by atoms with van der Waals surface area (Å²) in [6, 6.07) is 3.76. The van der Waals surface area contributed by atoms with Crippen molar-refractivity contribution in [1.29, 1.82) is 0 Å². The van der Waals surface area contributed by atoms with Gasteiger partial charge in [-0.3, -0.25) is 18.9 Å². The molecule has 166 valence electrons. The highest BCUT2D eigenvalue weighted by molar-refractivity contribution is 8.26. The Kier molecular flexibility index (Phi) is 8.26. The number of amides is 1. The lowest BCUT2D eigenvalue weighted by Gasteiger charge is -2.14. The summed E-state index contributed by atoms with van der Waals surface area (Å²) < 4.78 is 2.09. The molecule has 0 radical (unpaired) electrons. The molecule has 2 aromatic rings. The van der Waals surface area contributed by atoms with E-state index >= 15 is 0 Å². The van der Waals surface area contributed by atoms with Gasteiger partial charge in [0.1, 0.15) is 15.8 Å². The van der Waals surface area contributed by atoms with E-state index in [1.54, 1.807) is 21.6 Å². The summed E-state index contributed by atoms with van der Waals surface area (Å²) in [4.78, 5) is 33.1. The van der Waals surface area contributed by atoms with E-state index in [0.717, 1.165) is 50.6 Å². The Balaban J connectivity index is 1.99. The number of nitrogens with one attached hydrogen (secondary N) is 1. The molecule has 1 N–H and O–H groups in total. The van der Waals surface area contributed by atoms with E-state index in [4.69, 9.17) is 17.2 Å². The van der Waals surface area contributed by atoms with E-state index in [2.05, 4.69) is 19.2 Å². The van der Waals surface area contributed by atoms with Crippen molar-refractivity contribution in [3.05, 3.63) is 44.7 Å². The number of hydrogen-bond acceptors (Lipinski definition) is 6. The molecule has 1 amide bonds. The zero-order chi connectivity index (χ0) is 22.4. The normalized spacial score (nSPS) is 15.5. The third-order valence-corrected chi connectivity index (χ3v) is 6.67. The minimum Gasteiger partial charge on any atom is -0.369 e. The summed E-state index contributed by atoms with van der Waals surface area (Å²) >= 11 is 6.69. The number of fused-ring (bicyclic) bond motifs is 1. The Hall–Kier alpha value is -2.19. The number of carbonyl (C=O) groups excluding carboxylic acids is 1. The average molecular weight is 459 g/mol. The first-order valence-corrected chi connectivity index (χ1v) is 12.2. The molecule has 1 fully saturated rings. The molecule has 0 atom stereocenters. The van der Waals surface area contributed by atoms with Gasteiger partial charge in [-0.1, -0.05) is 69.6 Å². The molecule has 2 aromatic heterocycles. The van der Waals surface area contributed by atoms with Crippen LogP contribution in [0.5, 0.6) is 0 Å². The van der Waals surface area contributed by atoms with Gasteiger partial charge in [-0.15, -0.1) is 0 Å². The van der Waals surface area contributed by atoms with Crippen molar-refractivity contribution in [2.24, 2.45) is 0 Å². The monoisotopic (exact) mass is 458 g/mol. The number of aromatic nitrogens is 2. The van der Waals surface area contributed by atoms with Gasteiger partial charge >= 0.3 is 0 Å². The van der Waals surface area contributed by atoms with Crippen molar-refractivity contribution < 1.29 is 4.79 Å². The van der Waals surface area contributed by atoms with Gasteiger partial charge in [0.05, 0.1) is 10.5 Å². The molecular weight excluding hydrogens is 428 g/mol. The Morgan fingerprint density at radius 2 is 1.90 bits per heavy atom. The van der Waals surface area contributed by atoms with Crippen LogP contribution in [0.25, 0.3) is 11.7 Å². The summed E-state index contributed by atoms with van der Waals surface area (Å²) in [6.07, 6.45) is 9.63. The number of aryl methyl sites for hydroxylation is 1. The van der Waals surface area contributed by atoms with Crippen LogP contribution in [-0.4, -0.2) is 37.6 Å². The van der Waals surface area contributed by atoms with Gasteiger partial charge in [0.25, 0.3) is 11.5 Å². The summed E-state index contributed by atoms with van der Waals surface area (Å²) in [6.45, 7) is 7.55. The van der Waals surface area contributed by atoms with Crippen LogP contribution >= 0.6 is 24.0 Å². The highest BCUT2D eigenvalue weighted by atomic mass is 32.2. The Labute approximate surface area is 193 Å². The number of unbranched alkanes of at least 4 members (excludes halogenated alkanes) is 4. The number of pyridine rings is 1. The summed E-state index contributed by atoms with van der Waals surface area (Å²) in [5.41, 5.74) is 1.75. The number of thioether (sulfide) groups is 1. The molecule has 1 saturated heterocycles. The number of rotatable bonds is 10. The third-order valence-electron chi connectivity index (χ3n) is 5.29. The summed E-state index contributed by atoms with van der Waals surface area (Å²) in [5.74, 6) is 0.392. The van der Waals surface area contributed by atoms with E-state index in [0.29, 0.717) is 32.8 Å². The molecule has 0 aromatic carbocycles. The highest BCUT2D eigenvalue weighted by Gasteiger charge is 2.32. The lowest BCUT2D eigenvalue weighted by atomic mass is 10.2. The topological polar surface area (TPSA) is 66.7 Å². The van der Waals surface area contributed by atoms with Crippen LogP contribution in [0.4, 0.5) is 5.82 Å². The SMILES string of the molecule is CCCCCNc1nc2c(C)cccn2c(=O)c1/C=C1/SC(=S)N(CCCCC)C1=O. The molecule has 3 heterocycles. The predicted molar refractivity (Wildman–Crippen MR) is 134 cm³/mol. The molecule has 3 rings (SSSR count). The zero-order valence-electron chi connectivity index (χ0n) is 18.4. The first-order chi connectivity index (χ1) is 15.0. The van der Waals surface area contributed by atoms with Crippen LogP contribution in [0.15, 0.2) is 28.0 Å². The van der Waals surface area contributed by atoms with Crippen LogP contribution in [0.2, 0.25) is 0 Å². The maximum atomic E-state index is 13.3. The smallest absolute Gasteiger partial charge is 0.267 e. The van der Waals surface area contributed by atoms with Crippen LogP contribution in [0.1, 0.15) is 63.5 Å². The Morgan fingerprint density at radius 3 is 2.65 bits per heavy atom. The van der Waals surface area contributed by atoms with Gasteiger partial charge in [0.2, 0.25) is 0 Å². The van der Waals surface area contributed by atoms with Crippen molar-refractivity contribution in [2.45, 2.75) is 59.3 Å². The van der Waals surface area contributed by atoms with Crippen molar-refractivity contribution in [3.63, 3.8) is 0 Å². The number of anilines is 1. The second-order valence-electron chi connectivity index (χ2n) is 7.74. The van der Waals surface area contributed by atoms with Crippen molar-refractivity contribution >= 4 is 51.7 Å². The van der Waals surface area contributed by atoms with Gasteiger partial charge in [-0.25, -0.2) is 4.98 Å². The first-order valence-electron chi connectivity index (χ1n) is 11.0. The van der Waals surface area contributed by atoms with Crippen LogP contribution < -0.4 is 10.9 Å². The molecule has 8 heteroatoms. The van der Waals surface area contributed by atoms with Crippen molar-refractivity contribution in [1.82, 2.24) is 14.3 Å². The number of carbonyl (C=O) groups is 1. The standard InChI is InChI=1S/C23H30N4O2S2/c1-4-6-8-12-24-19-17(21(28)26-14-10-11-16(3)20(26)25-19)15-18-22(29)27(23(30)31-18)13-9-7-5-2/h10-11,14-15,24H,4-9,12-13H2,1-3H3/b18-15+. The van der Waals surface area contributed by atoms with E-state index < -0.39 is 0 Å². The zero-order valence-corrected chi connectivity index (χ0v) is 20.1. The molecule has 31 heavy (non-hydrogen) atoms. The maximum Gasteiger partial charge on any atom is 0.267 e. The number of thiocarbonyl (C=S) groups is 1. The molecule has 6 nitrogen and oxygen atoms in total. The molecule has 1 aliphatic rings. The lowest BCUT2D eigenvalue weighted by molar-refractivity contribution is -0.122. The van der Waals surface area contributed by atoms with E-state index in [-0.39, 0.29) is 11.5 Å². The van der Waals surface area contributed by atoms with Gasteiger partial charge in [-0.2, -0.15) is 0 Å². The quantitative estimate of drug-likeness (QED) is 0.307. The second kappa shape index (κ2) is 10.9. The van der Waals surface area contributed by atoms with Crippen LogP contribution in [0, 0.1) is 6.92 Å². The fraction of sp³-hybridized carbons (Fsp3) is 0.478. The van der Waals surface area contributed by atoms with Crippen LogP contribution in [-0.2, 0) is 4.79 Å². The minimum absolute atomic E-state index is 0.128. The summed E-state index contributed by atoms with van der Waals surface area (Å²) in [5, 5.41) is 3.33. The summed E-state index contributed by atoms with van der Waals surface area (Å²) in [7, 11) is 0. The highest BCUT2D eigenvalue weighted by Crippen LogP contribution is 2.33. The molecule has 0 saturated carbocycles. The Bertz CT molecular complexity index is 1060. The van der Waals surface area contributed by atoms with E-state index in [1.807, 2.05) is 19.1 Å². The Morgan fingerprint density at radius 1 is 1.16 bits per heavy atom. The lowest BCUT2D eigenvalue weighted by Crippen LogP contribution is -2.29. The fourth-order valence-corrected chi connectivity index (χ4v) is 4.79. The van der Waals surface area contributed by atoms with Crippen molar-refractivity contribution in [3.8, 4) is 0 Å². The molecule has 0 aliphatic carbocycles.